The molecular weight excluding hydrogens is 552 g/mol. The van der Waals surface area contributed by atoms with E-state index in [1.54, 1.807) is 6.26 Å². The summed E-state index contributed by atoms with van der Waals surface area (Å²) in [4.78, 5) is 35.8. The van der Waals surface area contributed by atoms with Crippen molar-refractivity contribution in [1.82, 2.24) is 19.2 Å². The molecule has 10 nitrogen and oxygen atoms in total. The minimum atomic E-state index is -0.934. The number of anilines is 1. The second kappa shape index (κ2) is 16.8. The third kappa shape index (κ3) is 8.64. The van der Waals surface area contributed by atoms with Gasteiger partial charge >= 0.3 is 6.09 Å². The number of aromatic nitrogens is 2. The van der Waals surface area contributed by atoms with Crippen LogP contribution in [0.25, 0.3) is 11.3 Å². The Balaban J connectivity index is 0.00000237. The first-order valence-electron chi connectivity index (χ1n) is 15.4. The van der Waals surface area contributed by atoms with Crippen LogP contribution < -0.4 is 11.1 Å². The number of carbonyl (C=O) groups is 2. The van der Waals surface area contributed by atoms with Gasteiger partial charge in [-0.15, -0.1) is 0 Å². The molecule has 4 rings (SSSR count). The quantitative estimate of drug-likeness (QED) is 0.298. The molecule has 42 heavy (non-hydrogen) atoms. The summed E-state index contributed by atoms with van der Waals surface area (Å²) >= 11 is 0. The van der Waals surface area contributed by atoms with Gasteiger partial charge in [0.2, 0.25) is 5.91 Å². The van der Waals surface area contributed by atoms with Crippen molar-refractivity contribution in [2.75, 3.05) is 44.9 Å². The number of piperidine rings is 1. The van der Waals surface area contributed by atoms with Crippen LogP contribution in [-0.2, 0) is 20.5 Å². The monoisotopic (exact) mass is 602 g/mol. The fourth-order valence-electron chi connectivity index (χ4n) is 6.14. The lowest BCUT2D eigenvalue weighted by Gasteiger charge is -2.33. The van der Waals surface area contributed by atoms with Gasteiger partial charge in [-0.2, -0.15) is 0 Å². The van der Waals surface area contributed by atoms with E-state index in [0.29, 0.717) is 24.1 Å². The van der Waals surface area contributed by atoms with Crippen LogP contribution in [0.4, 0.5) is 10.5 Å². The second-order valence-corrected chi connectivity index (χ2v) is 12.3. The number of ether oxygens (including phenoxy) is 1. The molecule has 11 heteroatoms. The highest BCUT2D eigenvalue weighted by atomic mass is 32.2. The molecule has 1 aromatic heterocycles. The fraction of sp³-hybridized carbons (Fsp3) is 0.645. The molecule has 0 saturated carbocycles. The average Bonchev–Trinajstić information content (AvgIpc) is 3.69. The summed E-state index contributed by atoms with van der Waals surface area (Å²) in [5.41, 5.74) is 8.16. The van der Waals surface area contributed by atoms with Crippen molar-refractivity contribution in [2.45, 2.75) is 71.8 Å². The van der Waals surface area contributed by atoms with Crippen LogP contribution in [0, 0.1) is 17.8 Å². The Morgan fingerprint density at radius 3 is 2.45 bits per heavy atom. The standard InChI is InChI=1S/C29H44N6O4S.C2H6/c1-4-20(7-5-6-14-30)28(36)35-19-23(21-12-15-34(16-13-21)40(3)38)17-26(35)27-31-18-25(33-27)22-8-10-24(11-9-22)32-29(37)39-2;1-2/h8-11,18,20-21,23,26H,4-7,12-17,19,30H2,1-3H3,(H,31,33)(H,32,37);1-2H3/t20-,23?,26?,40?;/m0./s1. The number of aromatic amines is 1. The zero-order chi connectivity index (χ0) is 30.6. The molecule has 4 atom stereocenters. The Bertz CT molecular complexity index is 1150. The van der Waals surface area contributed by atoms with Crippen molar-refractivity contribution >= 4 is 28.7 Å². The lowest BCUT2D eigenvalue weighted by atomic mass is 9.83. The lowest BCUT2D eigenvalue weighted by Crippen LogP contribution is -2.39. The number of likely N-dealkylation sites (tertiary alicyclic amines) is 1. The summed E-state index contributed by atoms with van der Waals surface area (Å²) < 4.78 is 18.7. The van der Waals surface area contributed by atoms with E-state index in [2.05, 4.69) is 26.9 Å². The van der Waals surface area contributed by atoms with Crippen molar-refractivity contribution in [3.05, 3.63) is 36.3 Å². The molecule has 2 aliphatic heterocycles. The summed E-state index contributed by atoms with van der Waals surface area (Å²) in [6, 6.07) is 7.36. The zero-order valence-corrected chi connectivity index (χ0v) is 26.8. The highest BCUT2D eigenvalue weighted by molar-refractivity contribution is 7.81. The molecule has 1 aromatic carbocycles. The largest absolute Gasteiger partial charge is 0.453 e. The summed E-state index contributed by atoms with van der Waals surface area (Å²) in [6.07, 6.45) is 9.50. The Labute approximate surface area is 253 Å². The predicted molar refractivity (Wildman–Crippen MR) is 169 cm³/mol. The van der Waals surface area contributed by atoms with E-state index >= 15 is 0 Å². The van der Waals surface area contributed by atoms with Crippen LogP contribution in [0.1, 0.15) is 77.6 Å². The van der Waals surface area contributed by atoms with Gasteiger partial charge in [0.1, 0.15) is 5.82 Å². The van der Waals surface area contributed by atoms with Crippen molar-refractivity contribution < 1.29 is 18.5 Å². The van der Waals surface area contributed by atoms with E-state index in [4.69, 9.17) is 10.7 Å². The first-order valence-corrected chi connectivity index (χ1v) is 16.9. The number of benzene rings is 1. The van der Waals surface area contributed by atoms with E-state index in [9.17, 15) is 13.8 Å². The van der Waals surface area contributed by atoms with Gasteiger partial charge in [0.25, 0.3) is 0 Å². The number of hydrogen-bond donors (Lipinski definition) is 3. The number of nitrogens with zero attached hydrogens (tertiary/aromatic N) is 3. The lowest BCUT2D eigenvalue weighted by molar-refractivity contribution is -0.137. The molecular formula is C31H50N6O4S. The number of methoxy groups -OCH3 is 1. The average molecular weight is 603 g/mol. The third-order valence-electron chi connectivity index (χ3n) is 8.53. The number of H-pyrrole nitrogens is 1. The number of hydrogen-bond acceptors (Lipinski definition) is 6. The van der Waals surface area contributed by atoms with E-state index in [1.807, 2.05) is 48.6 Å². The van der Waals surface area contributed by atoms with Crippen LogP contribution in [0.3, 0.4) is 0 Å². The van der Waals surface area contributed by atoms with Gasteiger partial charge in [-0.1, -0.05) is 39.3 Å². The molecule has 4 N–H and O–H groups in total. The number of carbonyl (C=O) groups excluding carboxylic acids is 2. The van der Waals surface area contributed by atoms with Crippen LogP contribution in [0.5, 0.6) is 0 Å². The molecule has 3 unspecified atom stereocenters. The van der Waals surface area contributed by atoms with E-state index in [0.717, 1.165) is 81.7 Å². The zero-order valence-electron chi connectivity index (χ0n) is 25.9. The van der Waals surface area contributed by atoms with Gasteiger partial charge < -0.3 is 20.4 Å². The Kier molecular flexibility index (Phi) is 13.5. The van der Waals surface area contributed by atoms with Gasteiger partial charge in [0.05, 0.1) is 36.0 Å². The molecule has 0 bridgehead atoms. The molecule has 0 radical (unpaired) electrons. The van der Waals surface area contributed by atoms with Gasteiger partial charge in [-0.05, 0) is 74.6 Å². The smallest absolute Gasteiger partial charge is 0.411 e. The Hall–Kier alpha value is -2.76. The second-order valence-electron chi connectivity index (χ2n) is 11.0. The van der Waals surface area contributed by atoms with Gasteiger partial charge in [0.15, 0.2) is 0 Å². The predicted octanol–water partition coefficient (Wildman–Crippen LogP) is 5.33. The van der Waals surface area contributed by atoms with Gasteiger partial charge in [-0.3, -0.25) is 10.1 Å². The number of amides is 2. The number of unbranched alkanes of at least 4 members (excludes halogenated alkanes) is 1. The maximum absolute atomic E-state index is 13.9. The van der Waals surface area contributed by atoms with Crippen molar-refractivity contribution in [3.8, 4) is 11.3 Å². The molecule has 2 saturated heterocycles. The summed E-state index contributed by atoms with van der Waals surface area (Å²) in [5.74, 6) is 1.91. The van der Waals surface area contributed by atoms with E-state index in [1.165, 1.54) is 7.11 Å². The molecule has 2 aliphatic rings. The van der Waals surface area contributed by atoms with Crippen molar-refractivity contribution in [1.29, 1.82) is 0 Å². The summed E-state index contributed by atoms with van der Waals surface area (Å²) in [5, 5.41) is 2.66. The minimum absolute atomic E-state index is 0.0125. The SMILES string of the molecule is CC.CC[C@@H](CCCCN)C(=O)N1CC(C2CCN(S(C)=O)CC2)CC1c1ncc(-c2ccc(NC(=O)OC)cc2)[nH]1. The molecule has 2 amide bonds. The van der Waals surface area contributed by atoms with Gasteiger partial charge in [0, 0.05) is 37.5 Å². The first kappa shape index (κ1) is 33.7. The normalized spacial score (nSPS) is 20.9. The molecule has 0 aliphatic carbocycles. The summed E-state index contributed by atoms with van der Waals surface area (Å²) in [6.45, 7) is 9.16. The molecule has 2 aromatic rings. The molecule has 0 spiro atoms. The van der Waals surface area contributed by atoms with Crippen LogP contribution in [0.2, 0.25) is 0 Å². The maximum Gasteiger partial charge on any atom is 0.411 e. The topological polar surface area (TPSA) is 134 Å². The molecule has 234 valence electrons. The third-order valence-corrected chi connectivity index (χ3v) is 9.63. The Morgan fingerprint density at radius 2 is 1.86 bits per heavy atom. The van der Waals surface area contributed by atoms with Crippen LogP contribution in [-0.4, -0.2) is 74.9 Å². The Morgan fingerprint density at radius 1 is 1.17 bits per heavy atom. The number of nitrogens with one attached hydrogen (secondary N) is 2. The maximum atomic E-state index is 13.9. The van der Waals surface area contributed by atoms with E-state index in [-0.39, 0.29) is 17.9 Å². The minimum Gasteiger partial charge on any atom is -0.453 e. The number of nitrogens with two attached hydrogens (primary N) is 1. The number of imidazole rings is 1. The first-order chi connectivity index (χ1) is 20.3. The van der Waals surface area contributed by atoms with Crippen LogP contribution in [0.15, 0.2) is 30.5 Å². The van der Waals surface area contributed by atoms with Gasteiger partial charge in [-0.25, -0.2) is 18.3 Å². The highest BCUT2D eigenvalue weighted by Gasteiger charge is 2.43. The highest BCUT2D eigenvalue weighted by Crippen LogP contribution is 2.42. The summed E-state index contributed by atoms with van der Waals surface area (Å²) in [7, 11) is 0.396. The van der Waals surface area contributed by atoms with Crippen LogP contribution >= 0.6 is 0 Å². The fourth-order valence-corrected chi connectivity index (χ4v) is 6.87. The molecule has 2 fully saturated rings. The van der Waals surface area contributed by atoms with E-state index < -0.39 is 17.1 Å². The number of rotatable bonds is 11. The van der Waals surface area contributed by atoms with Crippen molar-refractivity contribution in [3.63, 3.8) is 0 Å². The molecule has 3 heterocycles. The van der Waals surface area contributed by atoms with Crippen molar-refractivity contribution in [2.24, 2.45) is 23.5 Å².